The van der Waals surface area contributed by atoms with Gasteiger partial charge < -0.3 is 15.5 Å². The number of hydrogen-bond donors (Lipinski definition) is 3. The SMILES string of the molecule is C=CC.CC/C=C(\CCC(=O)O)C1=CCC2(C)C(CCC3(C)C2CCC2C4CCCC4(NCC(=O)O)CC[C@]23C)C1C.CF. The molecule has 0 radical (unpaired) electrons. The lowest BCUT2D eigenvalue weighted by molar-refractivity contribution is -0.212. The number of carbonyl (C=O) groups is 2. The van der Waals surface area contributed by atoms with Crippen molar-refractivity contribution >= 4 is 11.9 Å². The molecule has 8 unspecified atom stereocenters. The zero-order chi connectivity index (χ0) is 32.9. The van der Waals surface area contributed by atoms with Crippen molar-refractivity contribution in [3.05, 3.63) is 36.0 Å². The van der Waals surface area contributed by atoms with E-state index in [0.29, 0.717) is 54.0 Å². The highest BCUT2D eigenvalue weighted by molar-refractivity contribution is 5.69. The Morgan fingerprint density at radius 3 is 2.25 bits per heavy atom. The molecule has 4 fully saturated rings. The Labute approximate surface area is 267 Å². The molecule has 5 aliphatic rings. The summed E-state index contributed by atoms with van der Waals surface area (Å²) < 4.78 is 9.50. The van der Waals surface area contributed by atoms with Gasteiger partial charge in [-0.25, -0.2) is 0 Å². The van der Waals surface area contributed by atoms with E-state index >= 15 is 0 Å². The first kappa shape index (κ1) is 36.5. The van der Waals surface area contributed by atoms with Gasteiger partial charge in [-0.2, -0.15) is 0 Å². The molecule has 5 rings (SSSR count). The number of hydrogen-bond acceptors (Lipinski definition) is 3. The van der Waals surface area contributed by atoms with Crippen LogP contribution in [0.3, 0.4) is 0 Å². The predicted molar refractivity (Wildman–Crippen MR) is 178 cm³/mol. The van der Waals surface area contributed by atoms with Crippen molar-refractivity contribution in [3.63, 3.8) is 0 Å². The monoisotopic (exact) mass is 615 g/mol. The van der Waals surface area contributed by atoms with Crippen LogP contribution in [0.1, 0.15) is 125 Å². The van der Waals surface area contributed by atoms with E-state index < -0.39 is 11.9 Å². The third kappa shape index (κ3) is 6.35. The Hall–Kier alpha value is -1.95. The van der Waals surface area contributed by atoms with Crippen LogP contribution in [-0.4, -0.2) is 41.4 Å². The maximum Gasteiger partial charge on any atom is 0.317 e. The van der Waals surface area contributed by atoms with Gasteiger partial charge in [-0.05, 0) is 135 Å². The topological polar surface area (TPSA) is 86.6 Å². The molecule has 44 heavy (non-hydrogen) atoms. The lowest BCUT2D eigenvalue weighted by atomic mass is 9.34. The molecule has 0 bridgehead atoms. The molecule has 6 heteroatoms. The first-order valence-corrected chi connectivity index (χ1v) is 17.4. The smallest absolute Gasteiger partial charge is 0.317 e. The minimum Gasteiger partial charge on any atom is -0.481 e. The molecule has 0 saturated heterocycles. The molecule has 5 aliphatic carbocycles. The second kappa shape index (κ2) is 14.6. The van der Waals surface area contributed by atoms with Gasteiger partial charge in [0.05, 0.1) is 13.7 Å². The number of rotatable bonds is 8. The van der Waals surface area contributed by atoms with Crippen molar-refractivity contribution in [2.45, 2.75) is 131 Å². The second-order valence-corrected chi connectivity index (χ2v) is 15.2. The summed E-state index contributed by atoms with van der Waals surface area (Å²) in [6.45, 7) is 17.8. The van der Waals surface area contributed by atoms with Crippen molar-refractivity contribution in [3.8, 4) is 0 Å². The van der Waals surface area contributed by atoms with Crippen LogP contribution in [-0.2, 0) is 9.59 Å². The minimum absolute atomic E-state index is 0.0296. The average molecular weight is 616 g/mol. The highest BCUT2D eigenvalue weighted by atomic mass is 19.1. The first-order valence-electron chi connectivity index (χ1n) is 17.4. The molecule has 0 heterocycles. The van der Waals surface area contributed by atoms with Crippen LogP contribution in [0.5, 0.6) is 0 Å². The van der Waals surface area contributed by atoms with Crippen LogP contribution >= 0.6 is 0 Å². The maximum atomic E-state index is 11.5. The standard InChI is InChI=1S/C34H53NO4.C3H6.CH3F/c1-6-8-23(10-13-29(36)37)24-14-17-31(3)25(22(24)2)15-18-33(5)28(31)12-11-26-27-9-7-16-34(27,35-21-30(38)39)20-19-32(26,33)4;1-3-2;1-2/h8,14,22,25-28,35H,6-7,9-13,15-21H2,1-5H3,(H,36,37)(H,38,39);3H,1H2,2H3;1H3/b23-8+;;/t22?,25?,26?,27?,28?,31?,32-,33?,34?;;/m1../s1. The fourth-order valence-corrected chi connectivity index (χ4v) is 11.6. The Morgan fingerprint density at radius 1 is 0.955 bits per heavy atom. The van der Waals surface area contributed by atoms with Gasteiger partial charge in [-0.15, -0.1) is 6.58 Å². The Balaban J connectivity index is 0.000000997. The van der Waals surface area contributed by atoms with Gasteiger partial charge in [0.2, 0.25) is 0 Å². The summed E-state index contributed by atoms with van der Waals surface area (Å²) in [5.74, 6) is 1.66. The van der Waals surface area contributed by atoms with Gasteiger partial charge in [0.1, 0.15) is 0 Å². The zero-order valence-corrected chi connectivity index (χ0v) is 28.8. The Kier molecular flexibility index (Phi) is 12.2. The summed E-state index contributed by atoms with van der Waals surface area (Å²) >= 11 is 0. The molecule has 5 nitrogen and oxygen atoms in total. The quantitative estimate of drug-likeness (QED) is 0.237. The number of fused-ring (bicyclic) bond motifs is 7. The molecule has 0 spiro atoms. The van der Waals surface area contributed by atoms with Crippen LogP contribution in [0.15, 0.2) is 36.0 Å². The summed E-state index contributed by atoms with van der Waals surface area (Å²) in [4.78, 5) is 22.8. The van der Waals surface area contributed by atoms with Crippen LogP contribution in [0.2, 0.25) is 0 Å². The molecule has 250 valence electrons. The molecule has 0 aromatic heterocycles. The summed E-state index contributed by atoms with van der Waals surface area (Å²) in [6.07, 6.45) is 20.5. The molecule has 0 amide bonds. The number of halogens is 1. The fourth-order valence-electron chi connectivity index (χ4n) is 11.6. The molecule has 4 saturated carbocycles. The lowest BCUT2D eigenvalue weighted by Crippen LogP contribution is -2.67. The summed E-state index contributed by atoms with van der Waals surface area (Å²) in [5, 5.41) is 22.4. The van der Waals surface area contributed by atoms with Crippen molar-refractivity contribution < 1.29 is 24.2 Å². The van der Waals surface area contributed by atoms with Gasteiger partial charge in [0.25, 0.3) is 0 Å². The fraction of sp³-hybridized carbons (Fsp3) is 0.789. The maximum absolute atomic E-state index is 11.5. The second-order valence-electron chi connectivity index (χ2n) is 15.2. The van der Waals surface area contributed by atoms with Crippen molar-refractivity contribution in [2.75, 3.05) is 13.7 Å². The third-order valence-electron chi connectivity index (χ3n) is 13.6. The van der Waals surface area contributed by atoms with Crippen LogP contribution in [0.4, 0.5) is 4.39 Å². The van der Waals surface area contributed by atoms with Gasteiger partial charge >= 0.3 is 11.9 Å². The number of allylic oxidation sites excluding steroid dienone is 5. The largest absolute Gasteiger partial charge is 0.481 e. The average Bonchev–Trinajstić information content (AvgIpc) is 3.41. The van der Waals surface area contributed by atoms with Gasteiger partial charge in [0, 0.05) is 12.0 Å². The highest BCUT2D eigenvalue weighted by Crippen LogP contribution is 2.74. The molecule has 9 atom stereocenters. The predicted octanol–water partition coefficient (Wildman–Crippen LogP) is 9.39. The van der Waals surface area contributed by atoms with Crippen LogP contribution < -0.4 is 5.32 Å². The van der Waals surface area contributed by atoms with E-state index in [0.717, 1.165) is 25.7 Å². The highest BCUT2D eigenvalue weighted by Gasteiger charge is 2.68. The minimum atomic E-state index is -0.732. The Morgan fingerprint density at radius 2 is 1.64 bits per heavy atom. The molecule has 3 N–H and O–H groups in total. The summed E-state index contributed by atoms with van der Waals surface area (Å²) in [5.41, 5.74) is 3.62. The first-order chi connectivity index (χ1) is 20.8. The normalized spacial score (nSPS) is 40.7. The number of carboxylic acid groups (broad SMARTS) is 2. The van der Waals surface area contributed by atoms with Crippen molar-refractivity contribution in [1.82, 2.24) is 5.32 Å². The molecular weight excluding hydrogens is 553 g/mol. The summed E-state index contributed by atoms with van der Waals surface area (Å²) in [6, 6.07) is 0. The van der Waals surface area contributed by atoms with E-state index in [1.165, 1.54) is 56.1 Å². The zero-order valence-electron chi connectivity index (χ0n) is 28.8. The molecule has 0 aromatic carbocycles. The Bertz CT molecular complexity index is 1100. The number of aliphatic carboxylic acids is 2. The van der Waals surface area contributed by atoms with Crippen molar-refractivity contribution in [1.29, 1.82) is 0 Å². The van der Waals surface area contributed by atoms with E-state index in [9.17, 15) is 24.2 Å². The van der Waals surface area contributed by atoms with Gasteiger partial charge in [-0.1, -0.05) is 59.3 Å². The van der Waals surface area contributed by atoms with Crippen LogP contribution in [0, 0.1) is 45.8 Å². The lowest BCUT2D eigenvalue weighted by Gasteiger charge is -2.71. The van der Waals surface area contributed by atoms with Crippen LogP contribution in [0.25, 0.3) is 0 Å². The van der Waals surface area contributed by atoms with E-state index in [1.54, 1.807) is 6.08 Å². The van der Waals surface area contributed by atoms with E-state index in [1.807, 2.05) is 6.92 Å². The van der Waals surface area contributed by atoms with Gasteiger partial charge in [-0.3, -0.25) is 14.0 Å². The van der Waals surface area contributed by atoms with Crippen molar-refractivity contribution in [2.24, 2.45) is 45.8 Å². The van der Waals surface area contributed by atoms with Gasteiger partial charge in [0.15, 0.2) is 0 Å². The molecule has 0 aromatic rings. The van der Waals surface area contributed by atoms with E-state index in [4.69, 9.17) is 0 Å². The molecular formula is C38H62FNO4. The number of carboxylic acids is 2. The summed E-state index contributed by atoms with van der Waals surface area (Å²) in [7, 11) is 0.500. The number of alkyl halides is 1. The molecule has 0 aliphatic heterocycles. The van der Waals surface area contributed by atoms with E-state index in [2.05, 4.69) is 58.7 Å². The number of nitrogens with one attached hydrogen (secondary N) is 1. The third-order valence-corrected chi connectivity index (χ3v) is 13.6. The van der Waals surface area contributed by atoms with E-state index in [-0.39, 0.29) is 23.9 Å².